The van der Waals surface area contributed by atoms with Gasteiger partial charge in [-0.3, -0.25) is 19.0 Å². The van der Waals surface area contributed by atoms with E-state index in [9.17, 15) is 14.4 Å². The summed E-state index contributed by atoms with van der Waals surface area (Å²) in [6.07, 6.45) is 1.31. The molecule has 0 unspecified atom stereocenters. The van der Waals surface area contributed by atoms with Crippen LogP contribution in [0.15, 0.2) is 53.5 Å². The molecule has 0 aliphatic heterocycles. The molecule has 0 radical (unpaired) electrons. The summed E-state index contributed by atoms with van der Waals surface area (Å²) in [6.45, 7) is 0.974. The Labute approximate surface area is 151 Å². The molecule has 1 aromatic carbocycles. The number of carbonyl (C=O) groups is 2. The van der Waals surface area contributed by atoms with Crippen molar-refractivity contribution < 1.29 is 9.59 Å². The van der Waals surface area contributed by atoms with Crippen LogP contribution in [0.25, 0.3) is 0 Å². The normalized spacial score (nSPS) is 12.0. The number of benzene rings is 1. The molecule has 0 spiro atoms. The zero-order valence-corrected chi connectivity index (χ0v) is 14.9. The van der Waals surface area contributed by atoms with E-state index in [1.807, 2.05) is 19.0 Å². The second-order valence-electron chi connectivity index (χ2n) is 5.82. The summed E-state index contributed by atoms with van der Waals surface area (Å²) >= 11 is 5.95. The molecule has 0 aliphatic rings. The second-order valence-corrected chi connectivity index (χ2v) is 6.26. The molecule has 0 bridgehead atoms. The van der Waals surface area contributed by atoms with Gasteiger partial charge in [0.15, 0.2) is 11.8 Å². The average molecular weight is 362 g/mol. The van der Waals surface area contributed by atoms with Gasteiger partial charge in [-0.15, -0.1) is 0 Å². The Morgan fingerprint density at radius 1 is 1.16 bits per heavy atom. The van der Waals surface area contributed by atoms with E-state index in [-0.39, 0.29) is 5.02 Å². The van der Waals surface area contributed by atoms with Crippen LogP contribution in [0, 0.1) is 0 Å². The first kappa shape index (κ1) is 18.9. The van der Waals surface area contributed by atoms with Crippen molar-refractivity contribution in [3.8, 4) is 0 Å². The van der Waals surface area contributed by atoms with Crippen molar-refractivity contribution in [3.63, 3.8) is 0 Å². The first-order valence-corrected chi connectivity index (χ1v) is 8.17. The van der Waals surface area contributed by atoms with E-state index in [4.69, 9.17) is 11.6 Å². The zero-order valence-electron chi connectivity index (χ0n) is 14.1. The number of nitrogens with zero attached hydrogens (tertiary/aromatic N) is 2. The summed E-state index contributed by atoms with van der Waals surface area (Å²) in [6, 6.07) is 9.75. The van der Waals surface area contributed by atoms with Gasteiger partial charge < -0.3 is 10.2 Å². The predicted molar refractivity (Wildman–Crippen MR) is 97.1 cm³/mol. The Balaban J connectivity index is 2.37. The molecule has 2 aromatic rings. The van der Waals surface area contributed by atoms with Gasteiger partial charge in [0.1, 0.15) is 0 Å². The van der Waals surface area contributed by atoms with Crippen LogP contribution in [-0.2, 0) is 4.79 Å². The molecule has 1 heterocycles. The standard InChI is InChI=1S/C18H20ClN3O3/c1-21(2)11-10-20-18(25)16(17(24)13-6-4-3-5-7-13)22-12-14(19)8-9-15(22)23/h3-9,12,16H,10-11H2,1-2H3,(H,20,25)/t16-/m0/s1. The molecule has 1 amide bonds. The SMILES string of the molecule is CN(C)CCNC(=O)[C@H](C(=O)c1ccccc1)n1cc(Cl)ccc1=O. The summed E-state index contributed by atoms with van der Waals surface area (Å²) in [5.41, 5.74) is -0.122. The Kier molecular flexibility index (Phi) is 6.50. The maximum atomic E-state index is 12.9. The number of pyridine rings is 1. The summed E-state index contributed by atoms with van der Waals surface area (Å²) in [5, 5.41) is 2.98. The van der Waals surface area contributed by atoms with Crippen molar-refractivity contribution in [1.82, 2.24) is 14.8 Å². The lowest BCUT2D eigenvalue weighted by Gasteiger charge is -2.19. The zero-order chi connectivity index (χ0) is 18.4. The van der Waals surface area contributed by atoms with E-state index >= 15 is 0 Å². The van der Waals surface area contributed by atoms with E-state index in [1.165, 1.54) is 18.3 Å². The summed E-state index contributed by atoms with van der Waals surface area (Å²) in [7, 11) is 3.75. The summed E-state index contributed by atoms with van der Waals surface area (Å²) < 4.78 is 1.07. The van der Waals surface area contributed by atoms with Gasteiger partial charge in [-0.25, -0.2) is 0 Å². The lowest BCUT2D eigenvalue weighted by Crippen LogP contribution is -2.43. The molecule has 0 saturated heterocycles. The Hall–Kier alpha value is -2.44. The van der Waals surface area contributed by atoms with E-state index in [0.29, 0.717) is 18.7 Å². The van der Waals surface area contributed by atoms with Gasteiger partial charge in [0.2, 0.25) is 0 Å². The van der Waals surface area contributed by atoms with Crippen molar-refractivity contribution >= 4 is 23.3 Å². The lowest BCUT2D eigenvalue weighted by atomic mass is 10.0. The van der Waals surface area contributed by atoms with Crippen LogP contribution >= 0.6 is 11.6 Å². The number of likely N-dealkylation sites (N-methyl/N-ethyl adjacent to an activating group) is 1. The Morgan fingerprint density at radius 2 is 1.84 bits per heavy atom. The van der Waals surface area contributed by atoms with Gasteiger partial charge in [0.25, 0.3) is 11.5 Å². The third-order valence-corrected chi connectivity index (χ3v) is 3.82. The number of aromatic nitrogens is 1. The molecule has 132 valence electrons. The maximum Gasteiger partial charge on any atom is 0.251 e. The minimum absolute atomic E-state index is 0.270. The third-order valence-electron chi connectivity index (χ3n) is 3.59. The fourth-order valence-corrected chi connectivity index (χ4v) is 2.48. The summed E-state index contributed by atoms with van der Waals surface area (Å²) in [4.78, 5) is 39.6. The van der Waals surface area contributed by atoms with E-state index in [2.05, 4.69) is 5.32 Å². The Bertz CT molecular complexity index is 803. The van der Waals surface area contributed by atoms with Crippen molar-refractivity contribution in [2.75, 3.05) is 27.2 Å². The van der Waals surface area contributed by atoms with Gasteiger partial charge >= 0.3 is 0 Å². The topological polar surface area (TPSA) is 71.4 Å². The van der Waals surface area contributed by atoms with Crippen LogP contribution < -0.4 is 10.9 Å². The molecule has 1 N–H and O–H groups in total. The number of amides is 1. The van der Waals surface area contributed by atoms with Gasteiger partial charge in [-0.05, 0) is 20.2 Å². The minimum Gasteiger partial charge on any atom is -0.353 e. The molecule has 1 aromatic heterocycles. The second kappa shape index (κ2) is 8.60. The van der Waals surface area contributed by atoms with Crippen LogP contribution in [-0.4, -0.2) is 48.3 Å². The molecular weight excluding hydrogens is 342 g/mol. The third kappa shape index (κ3) is 5.01. The maximum absolute atomic E-state index is 12.9. The number of hydrogen-bond donors (Lipinski definition) is 1. The van der Waals surface area contributed by atoms with E-state index in [1.54, 1.807) is 30.3 Å². The van der Waals surface area contributed by atoms with Gasteiger partial charge in [0.05, 0.1) is 5.02 Å². The van der Waals surface area contributed by atoms with Crippen LogP contribution in [0.1, 0.15) is 16.4 Å². The molecule has 0 saturated carbocycles. The quantitative estimate of drug-likeness (QED) is 0.600. The number of nitrogens with one attached hydrogen (secondary N) is 1. The number of Topliss-reactive ketones (excluding diaryl/α,β-unsaturated/α-hetero) is 1. The highest BCUT2D eigenvalue weighted by molar-refractivity contribution is 6.30. The molecule has 25 heavy (non-hydrogen) atoms. The minimum atomic E-state index is -1.31. The van der Waals surface area contributed by atoms with Gasteiger partial charge in [-0.2, -0.15) is 0 Å². The highest BCUT2D eigenvalue weighted by atomic mass is 35.5. The Morgan fingerprint density at radius 3 is 2.48 bits per heavy atom. The van der Waals surface area contributed by atoms with Crippen LogP contribution in [0.5, 0.6) is 0 Å². The number of carbonyl (C=O) groups excluding carboxylic acids is 2. The molecule has 1 atom stereocenters. The number of ketones is 1. The highest BCUT2D eigenvalue weighted by Crippen LogP contribution is 2.16. The molecule has 0 fully saturated rings. The van der Waals surface area contributed by atoms with Crippen LogP contribution in [0.3, 0.4) is 0 Å². The van der Waals surface area contributed by atoms with Crippen molar-refractivity contribution in [3.05, 3.63) is 69.6 Å². The molecule has 2 rings (SSSR count). The van der Waals surface area contributed by atoms with Gasteiger partial charge in [-0.1, -0.05) is 41.9 Å². The number of rotatable bonds is 7. The first-order chi connectivity index (χ1) is 11.9. The molecule has 7 heteroatoms. The number of hydrogen-bond acceptors (Lipinski definition) is 4. The number of halogens is 1. The average Bonchev–Trinajstić information content (AvgIpc) is 2.58. The monoisotopic (exact) mass is 361 g/mol. The van der Waals surface area contributed by atoms with Crippen molar-refractivity contribution in [2.24, 2.45) is 0 Å². The lowest BCUT2D eigenvalue weighted by molar-refractivity contribution is -0.123. The van der Waals surface area contributed by atoms with Gasteiger partial charge in [0, 0.05) is 30.9 Å². The van der Waals surface area contributed by atoms with Crippen LogP contribution in [0.2, 0.25) is 5.02 Å². The molecule has 6 nitrogen and oxygen atoms in total. The van der Waals surface area contributed by atoms with E-state index in [0.717, 1.165) is 4.57 Å². The highest BCUT2D eigenvalue weighted by Gasteiger charge is 2.30. The summed E-state index contributed by atoms with van der Waals surface area (Å²) in [5.74, 6) is -1.01. The van der Waals surface area contributed by atoms with E-state index < -0.39 is 23.3 Å². The van der Waals surface area contributed by atoms with Crippen LogP contribution in [0.4, 0.5) is 0 Å². The largest absolute Gasteiger partial charge is 0.353 e. The first-order valence-electron chi connectivity index (χ1n) is 7.79. The van der Waals surface area contributed by atoms with Crippen molar-refractivity contribution in [1.29, 1.82) is 0 Å². The predicted octanol–water partition coefficient (Wildman–Crippen LogP) is 1.60. The fourth-order valence-electron chi connectivity index (χ4n) is 2.31. The molecular formula is C18H20ClN3O3. The smallest absolute Gasteiger partial charge is 0.251 e. The van der Waals surface area contributed by atoms with Crippen molar-refractivity contribution in [2.45, 2.75) is 6.04 Å². The molecule has 0 aliphatic carbocycles. The fraction of sp³-hybridized carbons (Fsp3) is 0.278.